The molecule has 0 radical (unpaired) electrons. The fourth-order valence-corrected chi connectivity index (χ4v) is 0.981. The first-order valence-electron chi connectivity index (χ1n) is 4.27. The van der Waals surface area contributed by atoms with Crippen LogP contribution in [0.2, 0.25) is 0 Å². The summed E-state index contributed by atoms with van der Waals surface area (Å²) in [6.45, 7) is 0.368. The van der Waals surface area contributed by atoms with Crippen molar-refractivity contribution in [2.75, 3.05) is 6.54 Å². The zero-order chi connectivity index (χ0) is 10.2. The van der Waals surface area contributed by atoms with Gasteiger partial charge in [0.2, 0.25) is 0 Å². The van der Waals surface area contributed by atoms with Gasteiger partial charge in [0.25, 0.3) is 0 Å². The smallest absolute Gasteiger partial charge is 0.142 e. The molecule has 0 saturated carbocycles. The molecule has 2 heteroatoms. The van der Waals surface area contributed by atoms with E-state index in [4.69, 9.17) is 5.73 Å². The molecule has 2 N–H and O–H groups in total. The number of carbonyl (C=O) groups is 1. The van der Waals surface area contributed by atoms with Crippen LogP contribution in [0.3, 0.4) is 0 Å². The molecule has 70 valence electrons. The van der Waals surface area contributed by atoms with Gasteiger partial charge in [0, 0.05) is 5.56 Å². The van der Waals surface area contributed by atoms with Crippen molar-refractivity contribution in [3.05, 3.63) is 41.5 Å². The van der Waals surface area contributed by atoms with Crippen molar-refractivity contribution in [2.24, 2.45) is 5.73 Å². The summed E-state index contributed by atoms with van der Waals surface area (Å²) in [7, 11) is 0. The van der Waals surface area contributed by atoms with Crippen LogP contribution in [0.15, 0.2) is 30.3 Å². The number of hydrogen-bond donors (Lipinski definition) is 1. The van der Waals surface area contributed by atoms with E-state index in [9.17, 15) is 4.79 Å². The zero-order valence-corrected chi connectivity index (χ0v) is 7.73. The van der Waals surface area contributed by atoms with Crippen molar-refractivity contribution < 1.29 is 4.79 Å². The molecule has 1 aromatic rings. The van der Waals surface area contributed by atoms with Crippen molar-refractivity contribution >= 4 is 12.4 Å². The van der Waals surface area contributed by atoms with E-state index in [0.29, 0.717) is 6.54 Å². The highest BCUT2D eigenvalue weighted by Gasteiger charge is 1.87. The van der Waals surface area contributed by atoms with Crippen LogP contribution in [-0.4, -0.2) is 12.8 Å². The second-order valence-corrected chi connectivity index (χ2v) is 2.62. The number of rotatable bonds is 2. The van der Waals surface area contributed by atoms with Crippen LogP contribution in [0.25, 0.3) is 6.08 Å². The fraction of sp³-hybridized carbons (Fsp3) is 0.0833. The molecule has 1 aromatic carbocycles. The average molecular weight is 185 g/mol. The lowest BCUT2D eigenvalue weighted by Gasteiger charge is -1.92. The fourth-order valence-electron chi connectivity index (χ4n) is 0.981. The van der Waals surface area contributed by atoms with Crippen molar-refractivity contribution in [1.29, 1.82) is 0 Å². The van der Waals surface area contributed by atoms with Gasteiger partial charge in [-0.3, -0.25) is 4.79 Å². The Morgan fingerprint density at radius 2 is 2.00 bits per heavy atom. The summed E-state index contributed by atoms with van der Waals surface area (Å²) in [6, 6.07) is 7.60. The van der Waals surface area contributed by atoms with Crippen LogP contribution in [0, 0.1) is 11.8 Å². The summed E-state index contributed by atoms with van der Waals surface area (Å²) >= 11 is 0. The summed E-state index contributed by atoms with van der Waals surface area (Å²) in [5.41, 5.74) is 7.16. The van der Waals surface area contributed by atoms with Gasteiger partial charge in [0.15, 0.2) is 0 Å². The predicted molar refractivity (Wildman–Crippen MR) is 57.5 cm³/mol. The highest BCUT2D eigenvalue weighted by atomic mass is 16.1. The quantitative estimate of drug-likeness (QED) is 0.427. The lowest BCUT2D eigenvalue weighted by molar-refractivity contribution is -0.104. The maximum absolute atomic E-state index is 10.1. The third-order valence-corrected chi connectivity index (χ3v) is 1.61. The summed E-state index contributed by atoms with van der Waals surface area (Å²) in [5.74, 6) is 5.69. The third-order valence-electron chi connectivity index (χ3n) is 1.61. The van der Waals surface area contributed by atoms with E-state index in [1.165, 1.54) is 6.08 Å². The van der Waals surface area contributed by atoms with Crippen LogP contribution in [0.4, 0.5) is 0 Å². The van der Waals surface area contributed by atoms with Gasteiger partial charge >= 0.3 is 0 Å². The van der Waals surface area contributed by atoms with Crippen LogP contribution in [0.5, 0.6) is 0 Å². The zero-order valence-electron chi connectivity index (χ0n) is 7.73. The first-order chi connectivity index (χ1) is 6.86. The second-order valence-electron chi connectivity index (χ2n) is 2.62. The van der Waals surface area contributed by atoms with Gasteiger partial charge in [-0.2, -0.15) is 0 Å². The Kier molecular flexibility index (Phi) is 4.19. The molecule has 0 aliphatic carbocycles. The van der Waals surface area contributed by atoms with Crippen LogP contribution < -0.4 is 5.73 Å². The van der Waals surface area contributed by atoms with Crippen LogP contribution >= 0.6 is 0 Å². The second kappa shape index (κ2) is 5.74. The van der Waals surface area contributed by atoms with Crippen molar-refractivity contribution in [3.8, 4) is 11.8 Å². The van der Waals surface area contributed by atoms with Crippen LogP contribution in [0.1, 0.15) is 11.1 Å². The minimum absolute atomic E-state index is 0.368. The number of allylic oxidation sites excluding steroid dienone is 1. The molecule has 0 fully saturated rings. The van der Waals surface area contributed by atoms with Crippen molar-refractivity contribution in [2.45, 2.75) is 0 Å². The van der Waals surface area contributed by atoms with Gasteiger partial charge < -0.3 is 5.73 Å². The van der Waals surface area contributed by atoms with Gasteiger partial charge in [-0.15, -0.1) is 0 Å². The highest BCUT2D eigenvalue weighted by molar-refractivity contribution is 5.73. The van der Waals surface area contributed by atoms with E-state index >= 15 is 0 Å². The third kappa shape index (κ3) is 3.26. The minimum atomic E-state index is 0.368. The maximum Gasteiger partial charge on any atom is 0.142 e. The molecule has 0 saturated heterocycles. The summed E-state index contributed by atoms with van der Waals surface area (Å²) in [5, 5.41) is 0. The summed E-state index contributed by atoms with van der Waals surface area (Å²) < 4.78 is 0. The van der Waals surface area contributed by atoms with Gasteiger partial charge in [-0.05, 0) is 23.8 Å². The highest BCUT2D eigenvalue weighted by Crippen LogP contribution is 2.04. The Morgan fingerprint density at radius 1 is 1.29 bits per heavy atom. The Hall–Kier alpha value is -1.85. The van der Waals surface area contributed by atoms with Crippen LogP contribution in [-0.2, 0) is 4.79 Å². The summed E-state index contributed by atoms with van der Waals surface area (Å²) in [6.07, 6.45) is 3.95. The van der Waals surface area contributed by atoms with E-state index in [1.54, 1.807) is 6.08 Å². The SMILES string of the molecule is NCC#Cc1ccc(/C=C/C=O)cc1. The molecule has 0 aliphatic heterocycles. The number of aldehydes is 1. The molecule has 0 aromatic heterocycles. The molecule has 14 heavy (non-hydrogen) atoms. The van der Waals surface area contributed by atoms with E-state index in [2.05, 4.69) is 11.8 Å². The lowest BCUT2D eigenvalue weighted by atomic mass is 10.1. The van der Waals surface area contributed by atoms with E-state index in [1.807, 2.05) is 24.3 Å². The van der Waals surface area contributed by atoms with Crippen molar-refractivity contribution in [1.82, 2.24) is 0 Å². The molecule has 2 nitrogen and oxygen atoms in total. The first-order valence-corrected chi connectivity index (χ1v) is 4.27. The Balaban J connectivity index is 2.78. The molecular weight excluding hydrogens is 174 g/mol. The maximum atomic E-state index is 10.1. The standard InChI is InChI=1S/C12H11NO/c13-9-1-3-11-5-7-12(8-6-11)4-2-10-14/h2,4-8,10H,9,13H2/b4-2+. The molecule has 0 unspecified atom stereocenters. The molecule has 0 amide bonds. The normalized spacial score (nSPS) is 9.50. The predicted octanol–water partition coefficient (Wildman–Crippen LogP) is 1.21. The number of nitrogens with two attached hydrogens (primary N) is 1. The molecule has 0 atom stereocenters. The molecular formula is C12H11NO. The average Bonchev–Trinajstić information content (AvgIpc) is 2.25. The Labute approximate surface area is 83.4 Å². The van der Waals surface area contributed by atoms with E-state index < -0.39 is 0 Å². The summed E-state index contributed by atoms with van der Waals surface area (Å²) in [4.78, 5) is 10.1. The number of benzene rings is 1. The molecule has 0 aliphatic rings. The van der Waals surface area contributed by atoms with E-state index in [-0.39, 0.29) is 0 Å². The molecule has 1 rings (SSSR count). The Morgan fingerprint density at radius 3 is 2.57 bits per heavy atom. The van der Waals surface area contributed by atoms with Gasteiger partial charge in [-0.25, -0.2) is 0 Å². The molecule has 0 spiro atoms. The number of hydrogen-bond acceptors (Lipinski definition) is 2. The Bertz CT molecular complexity index is 379. The van der Waals surface area contributed by atoms with Gasteiger partial charge in [-0.1, -0.05) is 30.0 Å². The number of carbonyl (C=O) groups excluding carboxylic acids is 1. The largest absolute Gasteiger partial charge is 0.320 e. The monoisotopic (exact) mass is 185 g/mol. The van der Waals surface area contributed by atoms with Gasteiger partial charge in [0.05, 0.1) is 6.54 Å². The lowest BCUT2D eigenvalue weighted by Crippen LogP contribution is -1.92. The van der Waals surface area contributed by atoms with Gasteiger partial charge in [0.1, 0.15) is 6.29 Å². The van der Waals surface area contributed by atoms with E-state index in [0.717, 1.165) is 17.4 Å². The first kappa shape index (κ1) is 10.2. The minimum Gasteiger partial charge on any atom is -0.320 e. The van der Waals surface area contributed by atoms with Crippen molar-refractivity contribution in [3.63, 3.8) is 0 Å². The molecule has 0 heterocycles. The topological polar surface area (TPSA) is 43.1 Å². The molecule has 0 bridgehead atoms.